The smallest absolute Gasteiger partial charge is 0.252 e. The zero-order chi connectivity index (χ0) is 18.9. The summed E-state index contributed by atoms with van der Waals surface area (Å²) in [5, 5.41) is 6.91. The molecule has 1 N–H and O–H groups in total. The molecule has 3 aromatic heterocycles. The Bertz CT molecular complexity index is 984. The van der Waals surface area contributed by atoms with Crippen LogP contribution in [0.2, 0.25) is 0 Å². The number of aromatic nitrogens is 5. The van der Waals surface area contributed by atoms with Crippen LogP contribution in [0.5, 0.6) is 0 Å². The van der Waals surface area contributed by atoms with Crippen molar-refractivity contribution in [3.63, 3.8) is 0 Å². The Morgan fingerprint density at radius 1 is 1.18 bits per heavy atom. The molecular formula is C20H24N6O2. The first-order chi connectivity index (χ1) is 13.8. The summed E-state index contributed by atoms with van der Waals surface area (Å²) in [6.07, 6.45) is 12.4. The summed E-state index contributed by atoms with van der Waals surface area (Å²) < 4.78 is 7.46. The Kier molecular flexibility index (Phi) is 4.54. The first kappa shape index (κ1) is 17.3. The maximum absolute atomic E-state index is 12.5. The topological polar surface area (TPSA) is 98.7 Å². The zero-order valence-corrected chi connectivity index (χ0v) is 15.8. The molecule has 3 heterocycles. The molecule has 8 nitrogen and oxygen atoms in total. The van der Waals surface area contributed by atoms with E-state index < -0.39 is 0 Å². The molecule has 1 amide bonds. The normalized spacial score (nSPS) is 17.9. The molecule has 2 aliphatic carbocycles. The lowest BCUT2D eigenvalue weighted by atomic mass is 9.85. The quantitative estimate of drug-likeness (QED) is 0.705. The number of amides is 1. The van der Waals surface area contributed by atoms with Crippen molar-refractivity contribution >= 4 is 17.1 Å². The second kappa shape index (κ2) is 7.33. The predicted octanol–water partition coefficient (Wildman–Crippen LogP) is 3.17. The number of pyridine rings is 1. The summed E-state index contributed by atoms with van der Waals surface area (Å²) in [6.45, 7) is 0.455. The van der Waals surface area contributed by atoms with Gasteiger partial charge in [0, 0.05) is 31.1 Å². The van der Waals surface area contributed by atoms with Crippen LogP contribution in [0.25, 0.3) is 11.2 Å². The van der Waals surface area contributed by atoms with E-state index in [1.165, 1.54) is 32.1 Å². The fourth-order valence-electron chi connectivity index (χ4n) is 4.07. The number of fused-ring (bicyclic) bond motifs is 1. The monoisotopic (exact) mass is 380 g/mol. The average Bonchev–Trinajstić information content (AvgIpc) is 3.40. The van der Waals surface area contributed by atoms with Crippen LogP contribution in [0, 0.1) is 0 Å². The van der Waals surface area contributed by atoms with Crippen molar-refractivity contribution in [2.45, 2.75) is 63.3 Å². The van der Waals surface area contributed by atoms with E-state index in [2.05, 4.69) is 30.0 Å². The molecule has 28 heavy (non-hydrogen) atoms. The molecular weight excluding hydrogens is 356 g/mol. The van der Waals surface area contributed by atoms with Gasteiger partial charge in [-0.15, -0.1) is 0 Å². The molecule has 2 saturated carbocycles. The predicted molar refractivity (Wildman–Crippen MR) is 102 cm³/mol. The third kappa shape index (κ3) is 3.27. The van der Waals surface area contributed by atoms with Gasteiger partial charge in [-0.05, 0) is 31.7 Å². The summed E-state index contributed by atoms with van der Waals surface area (Å²) in [6, 6.07) is 2.29. The lowest BCUT2D eigenvalue weighted by Crippen LogP contribution is -2.26. The highest BCUT2D eigenvalue weighted by Gasteiger charge is 2.25. The van der Waals surface area contributed by atoms with Crippen LogP contribution >= 0.6 is 0 Å². The first-order valence-corrected chi connectivity index (χ1v) is 10.2. The van der Waals surface area contributed by atoms with Gasteiger partial charge in [0.1, 0.15) is 5.52 Å². The van der Waals surface area contributed by atoms with Gasteiger partial charge in [0.15, 0.2) is 11.5 Å². The molecule has 0 atom stereocenters. The molecule has 0 radical (unpaired) electrons. The number of imidazole rings is 1. The molecule has 8 heteroatoms. The molecule has 0 spiro atoms. The molecule has 2 fully saturated rings. The second-order valence-electron chi connectivity index (χ2n) is 7.84. The summed E-state index contributed by atoms with van der Waals surface area (Å²) >= 11 is 0. The van der Waals surface area contributed by atoms with Gasteiger partial charge in [0.25, 0.3) is 5.91 Å². The first-order valence-electron chi connectivity index (χ1n) is 10.2. The van der Waals surface area contributed by atoms with Crippen molar-refractivity contribution in [2.24, 2.45) is 0 Å². The maximum atomic E-state index is 12.5. The van der Waals surface area contributed by atoms with Crippen molar-refractivity contribution in [1.82, 2.24) is 30.0 Å². The molecule has 0 aromatic carbocycles. The van der Waals surface area contributed by atoms with Gasteiger partial charge in [0.05, 0.1) is 11.9 Å². The Hall–Kier alpha value is -2.77. The highest BCUT2D eigenvalue weighted by atomic mass is 16.5. The fourth-order valence-corrected chi connectivity index (χ4v) is 4.07. The molecule has 3 aromatic rings. The van der Waals surface area contributed by atoms with Crippen molar-refractivity contribution in [1.29, 1.82) is 0 Å². The molecule has 0 bridgehead atoms. The van der Waals surface area contributed by atoms with Crippen LogP contribution in [0.15, 0.2) is 23.1 Å². The van der Waals surface area contributed by atoms with E-state index in [9.17, 15) is 4.79 Å². The maximum Gasteiger partial charge on any atom is 0.252 e. The van der Waals surface area contributed by atoms with Gasteiger partial charge in [-0.3, -0.25) is 4.79 Å². The third-order valence-corrected chi connectivity index (χ3v) is 5.97. The van der Waals surface area contributed by atoms with E-state index in [1.54, 1.807) is 6.20 Å². The van der Waals surface area contributed by atoms with Gasteiger partial charge in [-0.2, -0.15) is 4.98 Å². The molecule has 2 aliphatic rings. The molecule has 0 saturated heterocycles. The minimum atomic E-state index is -0.160. The number of carbonyl (C=O) groups is 1. The third-order valence-electron chi connectivity index (χ3n) is 5.97. The number of hydrogen-bond acceptors (Lipinski definition) is 6. The highest BCUT2D eigenvalue weighted by Crippen LogP contribution is 2.35. The molecule has 0 aliphatic heterocycles. The van der Waals surface area contributed by atoms with Crippen molar-refractivity contribution < 1.29 is 9.32 Å². The number of rotatable bonds is 6. The van der Waals surface area contributed by atoms with E-state index in [4.69, 9.17) is 4.52 Å². The standard InChI is InChI=1S/C20H24N6O2/c27-19(21-9-8-17-24-20(28-25-17)13-4-3-5-13)14-10-16-18(22-11-14)26(12-23-16)15-6-1-2-7-15/h10-13,15H,1-9H2,(H,21,27). The van der Waals surface area contributed by atoms with Crippen LogP contribution in [0.1, 0.15) is 79.0 Å². The number of nitrogens with zero attached hydrogens (tertiary/aromatic N) is 5. The average molecular weight is 380 g/mol. The molecule has 0 unspecified atom stereocenters. The van der Waals surface area contributed by atoms with E-state index >= 15 is 0 Å². The summed E-state index contributed by atoms with van der Waals surface area (Å²) in [5.41, 5.74) is 2.15. The second-order valence-corrected chi connectivity index (χ2v) is 7.84. The van der Waals surface area contributed by atoms with Crippen LogP contribution < -0.4 is 5.32 Å². The van der Waals surface area contributed by atoms with E-state index in [-0.39, 0.29) is 5.91 Å². The minimum Gasteiger partial charge on any atom is -0.352 e. The van der Waals surface area contributed by atoms with E-state index in [1.807, 2.05) is 12.4 Å². The van der Waals surface area contributed by atoms with Crippen molar-refractivity contribution in [3.05, 3.63) is 35.9 Å². The van der Waals surface area contributed by atoms with E-state index in [0.29, 0.717) is 36.3 Å². The van der Waals surface area contributed by atoms with Gasteiger partial charge in [-0.25, -0.2) is 9.97 Å². The molecule has 5 rings (SSSR count). The van der Waals surface area contributed by atoms with Gasteiger partial charge >= 0.3 is 0 Å². The summed E-state index contributed by atoms with van der Waals surface area (Å²) in [7, 11) is 0. The van der Waals surface area contributed by atoms with Crippen LogP contribution in [0.3, 0.4) is 0 Å². The lowest BCUT2D eigenvalue weighted by molar-refractivity contribution is 0.0953. The van der Waals surface area contributed by atoms with Gasteiger partial charge < -0.3 is 14.4 Å². The minimum absolute atomic E-state index is 0.160. The Labute approximate surface area is 162 Å². The molecule has 146 valence electrons. The van der Waals surface area contributed by atoms with Crippen LogP contribution in [0.4, 0.5) is 0 Å². The fraction of sp³-hybridized carbons (Fsp3) is 0.550. The lowest BCUT2D eigenvalue weighted by Gasteiger charge is -2.20. The highest BCUT2D eigenvalue weighted by molar-refractivity contribution is 5.96. The largest absolute Gasteiger partial charge is 0.352 e. The van der Waals surface area contributed by atoms with Gasteiger partial charge in [0.2, 0.25) is 5.89 Å². The zero-order valence-electron chi connectivity index (χ0n) is 15.8. The van der Waals surface area contributed by atoms with E-state index in [0.717, 1.165) is 29.9 Å². The Morgan fingerprint density at radius 3 is 2.82 bits per heavy atom. The number of hydrogen-bond donors (Lipinski definition) is 1. The van der Waals surface area contributed by atoms with Crippen LogP contribution in [-0.2, 0) is 6.42 Å². The van der Waals surface area contributed by atoms with Crippen LogP contribution in [-0.4, -0.2) is 37.1 Å². The van der Waals surface area contributed by atoms with Crippen molar-refractivity contribution in [2.75, 3.05) is 6.54 Å². The Balaban J connectivity index is 1.20. The number of nitrogens with one attached hydrogen (secondary N) is 1. The number of carbonyl (C=O) groups excluding carboxylic acids is 1. The summed E-state index contributed by atoms with van der Waals surface area (Å²) in [4.78, 5) is 25.9. The van der Waals surface area contributed by atoms with Crippen molar-refractivity contribution in [3.8, 4) is 0 Å². The summed E-state index contributed by atoms with van der Waals surface area (Å²) in [5.74, 6) is 1.65. The SMILES string of the molecule is O=C(NCCc1noc(C2CCC2)n1)c1cnc2c(c1)ncn2C1CCCC1. The Morgan fingerprint density at radius 2 is 2.04 bits per heavy atom. The van der Waals surface area contributed by atoms with Gasteiger partial charge in [-0.1, -0.05) is 24.4 Å².